The normalized spacial score (nSPS) is 10.8. The van der Waals surface area contributed by atoms with Gasteiger partial charge in [-0.2, -0.15) is 0 Å². The first-order valence-corrected chi connectivity index (χ1v) is 11.9. The third-order valence-corrected chi connectivity index (χ3v) is 7.06. The molecule has 1 amide bonds. The fraction of sp³-hybridized carbons (Fsp3) is 0.417. The van der Waals surface area contributed by atoms with Gasteiger partial charge in [0.05, 0.1) is 35.4 Å². The first kappa shape index (κ1) is 28.3. The molecule has 0 saturated carbocycles. The number of hydrogen-bond acceptors (Lipinski definition) is 8. The number of amides is 1. The Hall–Kier alpha value is -2.95. The Balaban J connectivity index is 0.00000432. The van der Waals surface area contributed by atoms with Crippen LogP contribution < -0.4 is 14.4 Å². The molecule has 0 saturated heterocycles. The van der Waals surface area contributed by atoms with Gasteiger partial charge in [-0.1, -0.05) is 31.3 Å². The number of ether oxygens (including phenoxy) is 2. The van der Waals surface area contributed by atoms with Gasteiger partial charge in [0, 0.05) is 19.2 Å². The van der Waals surface area contributed by atoms with Crippen LogP contribution in [0.4, 0.5) is 10.8 Å². The number of carbonyl (C=O) groups is 1. The van der Waals surface area contributed by atoms with Crippen molar-refractivity contribution in [2.24, 2.45) is 0 Å². The lowest BCUT2D eigenvalue weighted by Crippen LogP contribution is -2.39. The maximum absolute atomic E-state index is 13.8. The molecule has 0 unspecified atom stereocenters. The van der Waals surface area contributed by atoms with Crippen molar-refractivity contribution in [1.29, 1.82) is 0 Å². The van der Waals surface area contributed by atoms with Crippen molar-refractivity contribution in [2.45, 2.75) is 27.7 Å². The molecule has 0 fully saturated rings. The lowest BCUT2D eigenvalue weighted by atomic mass is 10.1. The molecule has 0 atom stereocenters. The van der Waals surface area contributed by atoms with E-state index in [4.69, 9.17) is 14.5 Å². The molecule has 35 heavy (non-hydrogen) atoms. The summed E-state index contributed by atoms with van der Waals surface area (Å²) < 4.78 is 11.5. The number of carbonyl (C=O) groups excluding carboxylic acids is 1. The topological polar surface area (TPSA) is 98.0 Å². The maximum Gasteiger partial charge on any atom is 0.286 e. The SMILES string of the molecule is CCN(CC)CCN(C(=O)c1cc(OC)c(OC)cc1[N+](=O)[O-])c1nc2c(C)c(C)ccc2s1.Cl. The zero-order valence-electron chi connectivity index (χ0n) is 20.8. The number of fused-ring (bicyclic) bond motifs is 1. The summed E-state index contributed by atoms with van der Waals surface area (Å²) in [4.78, 5) is 33.6. The Labute approximate surface area is 215 Å². The van der Waals surface area contributed by atoms with Crippen molar-refractivity contribution in [3.63, 3.8) is 0 Å². The number of halogens is 1. The van der Waals surface area contributed by atoms with E-state index in [1.807, 2.05) is 26.0 Å². The monoisotopic (exact) mass is 522 g/mol. The minimum Gasteiger partial charge on any atom is -0.493 e. The third kappa shape index (κ3) is 5.83. The van der Waals surface area contributed by atoms with E-state index in [0.29, 0.717) is 18.2 Å². The smallest absolute Gasteiger partial charge is 0.286 e. The predicted molar refractivity (Wildman–Crippen MR) is 142 cm³/mol. The number of benzene rings is 2. The summed E-state index contributed by atoms with van der Waals surface area (Å²) in [5, 5.41) is 12.4. The van der Waals surface area contributed by atoms with Crippen LogP contribution in [-0.2, 0) is 0 Å². The minimum atomic E-state index is -0.580. The second-order valence-corrected chi connectivity index (χ2v) is 8.82. The van der Waals surface area contributed by atoms with Crippen LogP contribution in [0.25, 0.3) is 10.2 Å². The van der Waals surface area contributed by atoms with E-state index in [2.05, 4.69) is 18.7 Å². The van der Waals surface area contributed by atoms with Crippen LogP contribution in [0.2, 0.25) is 0 Å². The molecule has 11 heteroatoms. The van der Waals surface area contributed by atoms with E-state index in [1.54, 1.807) is 0 Å². The Morgan fingerprint density at radius 3 is 2.29 bits per heavy atom. The number of aryl methyl sites for hydroxylation is 2. The molecule has 0 N–H and O–H groups in total. The molecular formula is C24H31ClN4O5S. The number of methoxy groups -OCH3 is 2. The standard InChI is InChI=1S/C24H30N4O5S.ClH/c1-7-26(8-2)11-12-27(24-25-22-16(4)15(3)9-10-21(22)34-24)23(29)17-13-19(32-5)20(33-6)14-18(17)28(30)31;/h9-10,13-14H,7-8,11-12H2,1-6H3;1H. The Morgan fingerprint density at radius 2 is 1.71 bits per heavy atom. The van der Waals surface area contributed by atoms with E-state index in [9.17, 15) is 14.9 Å². The summed E-state index contributed by atoms with van der Waals surface area (Å²) in [7, 11) is 2.82. The lowest BCUT2D eigenvalue weighted by Gasteiger charge is -2.25. The number of rotatable bonds is 10. The second-order valence-electron chi connectivity index (χ2n) is 7.82. The number of hydrogen-bond donors (Lipinski definition) is 0. The fourth-order valence-electron chi connectivity index (χ4n) is 3.73. The van der Waals surface area contributed by atoms with Crippen molar-refractivity contribution in [2.75, 3.05) is 45.3 Å². The second kappa shape index (κ2) is 12.1. The molecule has 0 bridgehead atoms. The Kier molecular flexibility index (Phi) is 9.82. The molecule has 0 aliphatic carbocycles. The molecule has 2 aromatic carbocycles. The Morgan fingerprint density at radius 1 is 1.09 bits per heavy atom. The molecule has 190 valence electrons. The van der Waals surface area contributed by atoms with Crippen LogP contribution in [0, 0.1) is 24.0 Å². The van der Waals surface area contributed by atoms with Crippen molar-refractivity contribution in [1.82, 2.24) is 9.88 Å². The van der Waals surface area contributed by atoms with Crippen molar-refractivity contribution in [3.05, 3.63) is 51.1 Å². The van der Waals surface area contributed by atoms with Crippen LogP contribution in [0.5, 0.6) is 11.5 Å². The molecule has 0 spiro atoms. The quantitative estimate of drug-likeness (QED) is 0.265. The predicted octanol–water partition coefficient (Wildman–Crippen LogP) is 5.25. The van der Waals surface area contributed by atoms with Gasteiger partial charge in [-0.15, -0.1) is 12.4 Å². The van der Waals surface area contributed by atoms with Gasteiger partial charge in [0.1, 0.15) is 5.56 Å². The van der Waals surface area contributed by atoms with Gasteiger partial charge in [-0.05, 0) is 44.1 Å². The summed E-state index contributed by atoms with van der Waals surface area (Å²) in [5.74, 6) is -0.0734. The first-order valence-electron chi connectivity index (χ1n) is 11.1. The van der Waals surface area contributed by atoms with E-state index in [1.165, 1.54) is 42.6 Å². The number of thiazole rings is 1. The number of aromatic nitrogens is 1. The minimum absolute atomic E-state index is 0. The zero-order valence-corrected chi connectivity index (χ0v) is 22.4. The lowest BCUT2D eigenvalue weighted by molar-refractivity contribution is -0.385. The average Bonchev–Trinajstić information content (AvgIpc) is 3.27. The zero-order chi connectivity index (χ0) is 25.0. The Bertz CT molecular complexity index is 1210. The summed E-state index contributed by atoms with van der Waals surface area (Å²) in [6.45, 7) is 10.7. The van der Waals surface area contributed by atoms with Gasteiger partial charge in [0.2, 0.25) is 0 Å². The van der Waals surface area contributed by atoms with Gasteiger partial charge in [-0.25, -0.2) is 4.98 Å². The molecule has 0 aliphatic rings. The highest BCUT2D eigenvalue weighted by atomic mass is 35.5. The highest BCUT2D eigenvalue weighted by Gasteiger charge is 2.30. The van der Waals surface area contributed by atoms with Gasteiger partial charge < -0.3 is 14.4 Å². The fourth-order valence-corrected chi connectivity index (χ4v) is 4.78. The molecule has 0 aliphatic heterocycles. The molecule has 0 radical (unpaired) electrons. The van der Waals surface area contributed by atoms with Crippen LogP contribution >= 0.6 is 23.7 Å². The number of nitrogens with zero attached hydrogens (tertiary/aromatic N) is 4. The van der Waals surface area contributed by atoms with Crippen LogP contribution in [0.3, 0.4) is 0 Å². The van der Waals surface area contributed by atoms with Crippen LogP contribution in [0.1, 0.15) is 35.3 Å². The van der Waals surface area contributed by atoms with E-state index in [-0.39, 0.29) is 35.2 Å². The van der Waals surface area contributed by atoms with Crippen LogP contribution in [-0.4, -0.2) is 61.1 Å². The first-order chi connectivity index (χ1) is 16.2. The van der Waals surface area contributed by atoms with Gasteiger partial charge in [0.15, 0.2) is 16.6 Å². The molecule has 3 aromatic rings. The molecular weight excluding hydrogens is 492 g/mol. The van der Waals surface area contributed by atoms with Crippen molar-refractivity contribution >= 4 is 50.7 Å². The summed E-state index contributed by atoms with van der Waals surface area (Å²) >= 11 is 1.40. The molecule has 9 nitrogen and oxygen atoms in total. The van der Waals surface area contributed by atoms with Crippen LogP contribution in [0.15, 0.2) is 24.3 Å². The van der Waals surface area contributed by atoms with E-state index >= 15 is 0 Å². The summed E-state index contributed by atoms with van der Waals surface area (Å²) in [6.07, 6.45) is 0. The average molecular weight is 523 g/mol. The van der Waals surface area contributed by atoms with E-state index in [0.717, 1.165) is 34.4 Å². The number of nitro benzene ring substituents is 1. The molecule has 3 rings (SSSR count). The van der Waals surface area contributed by atoms with Crippen molar-refractivity contribution < 1.29 is 19.2 Å². The highest BCUT2D eigenvalue weighted by Crippen LogP contribution is 2.37. The summed E-state index contributed by atoms with van der Waals surface area (Å²) in [6, 6.07) is 6.61. The number of likely N-dealkylation sites (N-methyl/N-ethyl adjacent to an activating group) is 1. The van der Waals surface area contributed by atoms with Crippen molar-refractivity contribution in [3.8, 4) is 11.5 Å². The summed E-state index contributed by atoms with van der Waals surface area (Å²) in [5.41, 5.74) is 2.58. The molecule has 1 heterocycles. The number of anilines is 1. The molecule has 1 aromatic heterocycles. The third-order valence-electron chi connectivity index (χ3n) is 6.01. The van der Waals surface area contributed by atoms with E-state index < -0.39 is 10.8 Å². The highest BCUT2D eigenvalue weighted by molar-refractivity contribution is 7.22. The van der Waals surface area contributed by atoms with Gasteiger partial charge >= 0.3 is 0 Å². The van der Waals surface area contributed by atoms with Gasteiger partial charge in [-0.3, -0.25) is 19.8 Å². The maximum atomic E-state index is 13.8. The largest absolute Gasteiger partial charge is 0.493 e. The van der Waals surface area contributed by atoms with Gasteiger partial charge in [0.25, 0.3) is 11.6 Å². The number of nitro groups is 1.